The lowest BCUT2D eigenvalue weighted by Crippen LogP contribution is -2.45. The molecular weight excluding hydrogens is 815 g/mol. The van der Waals surface area contributed by atoms with E-state index < -0.39 is 12.1 Å². The molecule has 6 heteroatoms. The minimum absolute atomic E-state index is 0.0173. The van der Waals surface area contributed by atoms with Gasteiger partial charge in [-0.2, -0.15) is 0 Å². The molecule has 0 aromatic rings. The molecule has 388 valence electrons. The first-order valence-electron chi connectivity index (χ1n) is 29.2. The van der Waals surface area contributed by atoms with Crippen LogP contribution in [0.3, 0.4) is 0 Å². The third-order valence-corrected chi connectivity index (χ3v) is 13.4. The van der Waals surface area contributed by atoms with Crippen LogP contribution in [0.2, 0.25) is 0 Å². The average molecular weight is 929 g/mol. The van der Waals surface area contributed by atoms with E-state index >= 15 is 0 Å². The molecule has 0 aliphatic carbocycles. The second-order valence-corrected chi connectivity index (χ2v) is 20.0. The van der Waals surface area contributed by atoms with E-state index in [9.17, 15) is 19.8 Å². The highest BCUT2D eigenvalue weighted by Crippen LogP contribution is 2.17. The molecule has 0 rings (SSSR count). The van der Waals surface area contributed by atoms with Crippen LogP contribution in [0, 0.1) is 0 Å². The van der Waals surface area contributed by atoms with Gasteiger partial charge in [-0.15, -0.1) is 0 Å². The largest absolute Gasteiger partial charge is 0.466 e. The number of carbonyl (C=O) groups is 2. The maximum Gasteiger partial charge on any atom is 0.305 e. The van der Waals surface area contributed by atoms with Crippen LogP contribution in [-0.2, 0) is 14.3 Å². The molecule has 0 aliphatic rings. The Morgan fingerprint density at radius 1 is 0.424 bits per heavy atom. The Hall–Kier alpha value is -1.92. The fraction of sp³-hybridized carbons (Fsp3) is 0.867. The van der Waals surface area contributed by atoms with Gasteiger partial charge in [0.05, 0.1) is 25.4 Å². The zero-order valence-electron chi connectivity index (χ0n) is 44.2. The highest BCUT2D eigenvalue weighted by molar-refractivity contribution is 5.76. The highest BCUT2D eigenvalue weighted by Gasteiger charge is 2.20. The molecule has 0 heterocycles. The number of nitrogens with one attached hydrogen (secondary N) is 1. The van der Waals surface area contributed by atoms with Crippen molar-refractivity contribution in [2.75, 3.05) is 13.2 Å². The van der Waals surface area contributed by atoms with Gasteiger partial charge in [-0.1, -0.05) is 249 Å². The summed E-state index contributed by atoms with van der Waals surface area (Å²) in [5, 5.41) is 23.3. The first-order valence-corrected chi connectivity index (χ1v) is 29.2. The van der Waals surface area contributed by atoms with Gasteiger partial charge in [-0.25, -0.2) is 0 Å². The van der Waals surface area contributed by atoms with Crippen molar-refractivity contribution in [3.8, 4) is 0 Å². The number of aliphatic hydroxyl groups excluding tert-OH is 2. The topological polar surface area (TPSA) is 95.9 Å². The summed E-state index contributed by atoms with van der Waals surface area (Å²) in [5.74, 6) is -0.0668. The zero-order valence-corrected chi connectivity index (χ0v) is 44.2. The number of allylic oxidation sites excluding steroid dienone is 6. The van der Waals surface area contributed by atoms with E-state index in [2.05, 4.69) is 55.6 Å². The summed E-state index contributed by atoms with van der Waals surface area (Å²) in [6, 6.07) is -0.554. The quantitative estimate of drug-likeness (QED) is 0.0321. The summed E-state index contributed by atoms with van der Waals surface area (Å²) < 4.78 is 5.47. The number of carbonyl (C=O) groups excluding carboxylic acids is 2. The first kappa shape index (κ1) is 64.1. The van der Waals surface area contributed by atoms with Crippen LogP contribution in [0.25, 0.3) is 0 Å². The van der Waals surface area contributed by atoms with Crippen molar-refractivity contribution >= 4 is 11.9 Å². The fourth-order valence-corrected chi connectivity index (χ4v) is 8.90. The first-order chi connectivity index (χ1) is 32.5. The number of unbranched alkanes of at least 4 members (excludes halogenated alkanes) is 37. The third-order valence-electron chi connectivity index (χ3n) is 13.4. The van der Waals surface area contributed by atoms with Crippen LogP contribution < -0.4 is 5.32 Å². The van der Waals surface area contributed by atoms with Crippen LogP contribution >= 0.6 is 0 Å². The molecule has 6 nitrogen and oxygen atoms in total. The normalized spacial score (nSPS) is 12.8. The molecule has 2 unspecified atom stereocenters. The van der Waals surface area contributed by atoms with Gasteiger partial charge in [0.25, 0.3) is 0 Å². The van der Waals surface area contributed by atoms with Gasteiger partial charge >= 0.3 is 5.97 Å². The number of hydrogen-bond acceptors (Lipinski definition) is 5. The average Bonchev–Trinajstić information content (AvgIpc) is 3.32. The Bertz CT molecular complexity index is 1070. The molecule has 0 fully saturated rings. The molecule has 2 atom stereocenters. The lowest BCUT2D eigenvalue weighted by atomic mass is 10.0. The molecule has 0 radical (unpaired) electrons. The predicted molar refractivity (Wildman–Crippen MR) is 287 cm³/mol. The summed E-state index contributed by atoms with van der Waals surface area (Å²) in [4.78, 5) is 24.5. The number of ether oxygens (including phenoxy) is 1. The van der Waals surface area contributed by atoms with Crippen LogP contribution in [0.15, 0.2) is 36.5 Å². The molecular formula is C60H113NO5. The lowest BCUT2D eigenvalue weighted by Gasteiger charge is -2.22. The summed E-state index contributed by atoms with van der Waals surface area (Å²) in [6.07, 6.45) is 68.4. The zero-order chi connectivity index (χ0) is 47.9. The molecule has 66 heavy (non-hydrogen) atoms. The SMILES string of the molecule is CCCCCC/C=C\C/C=C\CCCCCCCCCC(=O)OCCCCCC/C=C\CCCCCCCCCC(=O)NC(CO)C(O)CCCCCCCCCCCCCCCCCC. The Morgan fingerprint density at radius 2 is 0.758 bits per heavy atom. The van der Waals surface area contributed by atoms with E-state index in [-0.39, 0.29) is 18.5 Å². The maximum atomic E-state index is 12.5. The number of hydrogen-bond donors (Lipinski definition) is 3. The summed E-state index contributed by atoms with van der Waals surface area (Å²) in [7, 11) is 0. The van der Waals surface area contributed by atoms with Crippen molar-refractivity contribution in [3.63, 3.8) is 0 Å². The monoisotopic (exact) mass is 928 g/mol. The number of aliphatic hydroxyl groups is 2. The minimum atomic E-state index is -0.675. The molecule has 0 aliphatic heterocycles. The van der Waals surface area contributed by atoms with E-state index in [0.717, 1.165) is 77.0 Å². The van der Waals surface area contributed by atoms with E-state index in [1.165, 1.54) is 199 Å². The Morgan fingerprint density at radius 3 is 1.18 bits per heavy atom. The Kier molecular flexibility index (Phi) is 54.1. The molecule has 0 aromatic carbocycles. The second kappa shape index (κ2) is 55.7. The van der Waals surface area contributed by atoms with E-state index in [0.29, 0.717) is 25.9 Å². The van der Waals surface area contributed by atoms with Gasteiger partial charge in [0.15, 0.2) is 0 Å². The van der Waals surface area contributed by atoms with E-state index in [4.69, 9.17) is 4.74 Å². The molecule has 3 N–H and O–H groups in total. The van der Waals surface area contributed by atoms with Crippen molar-refractivity contribution in [3.05, 3.63) is 36.5 Å². The van der Waals surface area contributed by atoms with Crippen LogP contribution in [0.1, 0.15) is 309 Å². The third kappa shape index (κ3) is 51.5. The van der Waals surface area contributed by atoms with Crippen LogP contribution in [0.4, 0.5) is 0 Å². The van der Waals surface area contributed by atoms with Gasteiger partial charge in [-0.05, 0) is 83.5 Å². The van der Waals surface area contributed by atoms with Crippen LogP contribution in [0.5, 0.6) is 0 Å². The van der Waals surface area contributed by atoms with Gasteiger partial charge in [0, 0.05) is 12.8 Å². The lowest BCUT2D eigenvalue weighted by molar-refractivity contribution is -0.143. The fourth-order valence-electron chi connectivity index (χ4n) is 8.90. The summed E-state index contributed by atoms with van der Waals surface area (Å²) >= 11 is 0. The molecule has 0 spiro atoms. The number of esters is 1. The van der Waals surface area contributed by atoms with Crippen molar-refractivity contribution in [2.45, 2.75) is 321 Å². The van der Waals surface area contributed by atoms with Crippen molar-refractivity contribution in [1.29, 1.82) is 0 Å². The number of amides is 1. The summed E-state index contributed by atoms with van der Waals surface area (Å²) in [5.41, 5.74) is 0. The summed E-state index contributed by atoms with van der Waals surface area (Å²) in [6.45, 7) is 4.91. The highest BCUT2D eigenvalue weighted by atomic mass is 16.5. The number of rotatable bonds is 54. The molecule has 0 saturated carbocycles. The molecule has 0 saturated heterocycles. The Labute approximate surface area is 411 Å². The standard InChI is InChI=1S/C60H113NO5/c1-3-5-7-9-11-13-15-17-19-21-22-26-30-34-38-42-46-50-54-60(65)66-55-51-47-43-39-35-31-27-23-25-29-33-37-41-45-49-53-59(64)61-57(56-62)58(63)52-48-44-40-36-32-28-24-20-18-16-14-12-10-8-6-4-2/h13,15,19,21,27,31,57-58,62-63H,3-12,14,16-18,20,22-26,28-30,32-56H2,1-2H3,(H,61,64)/b15-13-,21-19-,31-27-. The molecule has 0 aromatic heterocycles. The van der Waals surface area contributed by atoms with Crippen molar-refractivity contribution < 1.29 is 24.5 Å². The van der Waals surface area contributed by atoms with E-state index in [1.807, 2.05) is 0 Å². The van der Waals surface area contributed by atoms with Gasteiger partial charge in [-0.3, -0.25) is 9.59 Å². The van der Waals surface area contributed by atoms with Gasteiger partial charge in [0.1, 0.15) is 0 Å². The molecule has 0 bridgehead atoms. The van der Waals surface area contributed by atoms with Crippen molar-refractivity contribution in [2.24, 2.45) is 0 Å². The van der Waals surface area contributed by atoms with Crippen LogP contribution in [-0.4, -0.2) is 47.4 Å². The predicted octanol–water partition coefficient (Wildman–Crippen LogP) is 18.0. The Balaban J connectivity index is 3.47. The smallest absolute Gasteiger partial charge is 0.305 e. The second-order valence-electron chi connectivity index (χ2n) is 20.0. The molecule has 1 amide bonds. The van der Waals surface area contributed by atoms with Gasteiger partial charge < -0.3 is 20.3 Å². The maximum absolute atomic E-state index is 12.5. The van der Waals surface area contributed by atoms with Crippen molar-refractivity contribution in [1.82, 2.24) is 5.32 Å². The minimum Gasteiger partial charge on any atom is -0.466 e. The van der Waals surface area contributed by atoms with E-state index in [1.54, 1.807) is 0 Å². The van der Waals surface area contributed by atoms with Gasteiger partial charge in [0.2, 0.25) is 5.91 Å².